The van der Waals surface area contributed by atoms with Crippen LogP contribution in [0.25, 0.3) is 0 Å². The molecule has 0 aliphatic carbocycles. The number of hydrogen-bond acceptors (Lipinski definition) is 4. The summed E-state index contributed by atoms with van der Waals surface area (Å²) in [4.78, 5) is 15.8. The highest BCUT2D eigenvalue weighted by Gasteiger charge is 2.08. The van der Waals surface area contributed by atoms with Gasteiger partial charge in [0.25, 0.3) is 0 Å². The minimum Gasteiger partial charge on any atom is -0.481 e. The largest absolute Gasteiger partial charge is 0.481 e. The first-order valence-electron chi connectivity index (χ1n) is 6.36. The zero-order valence-electron chi connectivity index (χ0n) is 11.8. The average molecular weight is 300 g/mol. The van der Waals surface area contributed by atoms with Crippen LogP contribution in [-0.4, -0.2) is 18.1 Å². The van der Waals surface area contributed by atoms with Crippen LogP contribution in [0.1, 0.15) is 11.1 Å². The number of aromatic nitrogens is 1. The number of amides is 2. The molecule has 6 nitrogen and oxygen atoms in total. The lowest BCUT2D eigenvalue weighted by molar-refractivity contribution is 0.251. The van der Waals surface area contributed by atoms with E-state index >= 15 is 0 Å². The van der Waals surface area contributed by atoms with Crippen molar-refractivity contribution in [2.75, 3.05) is 12.4 Å². The van der Waals surface area contributed by atoms with E-state index in [2.05, 4.69) is 15.6 Å². The molecule has 0 fully saturated rings. The van der Waals surface area contributed by atoms with Gasteiger partial charge >= 0.3 is 6.03 Å². The Bertz CT molecular complexity index is 728. The molecule has 0 saturated carbocycles. The zero-order chi connectivity index (χ0) is 15.9. The normalized spacial score (nSPS) is 9.68. The van der Waals surface area contributed by atoms with E-state index in [1.165, 1.54) is 19.2 Å². The number of ether oxygens (including phenoxy) is 1. The quantitative estimate of drug-likeness (QED) is 0.907. The summed E-state index contributed by atoms with van der Waals surface area (Å²) in [5, 5.41) is 14.0. The van der Waals surface area contributed by atoms with Gasteiger partial charge < -0.3 is 15.4 Å². The number of methoxy groups -OCH3 is 1. The van der Waals surface area contributed by atoms with E-state index in [4.69, 9.17) is 10.00 Å². The van der Waals surface area contributed by atoms with Gasteiger partial charge in [-0.15, -0.1) is 0 Å². The second-order valence-electron chi connectivity index (χ2n) is 4.32. The maximum atomic E-state index is 13.0. The Balaban J connectivity index is 1.97. The molecule has 0 radical (unpaired) electrons. The number of urea groups is 1. The Hall–Kier alpha value is -3.14. The zero-order valence-corrected chi connectivity index (χ0v) is 11.8. The highest BCUT2D eigenvalue weighted by atomic mass is 19.1. The van der Waals surface area contributed by atoms with Gasteiger partial charge in [-0.3, -0.25) is 0 Å². The maximum absolute atomic E-state index is 13.0. The van der Waals surface area contributed by atoms with Crippen molar-refractivity contribution < 1.29 is 13.9 Å². The van der Waals surface area contributed by atoms with Crippen molar-refractivity contribution in [2.45, 2.75) is 6.54 Å². The highest BCUT2D eigenvalue weighted by molar-refractivity contribution is 5.90. The smallest absolute Gasteiger partial charge is 0.319 e. The third-order valence-corrected chi connectivity index (χ3v) is 2.81. The topological polar surface area (TPSA) is 87.0 Å². The molecule has 1 aromatic carbocycles. The van der Waals surface area contributed by atoms with E-state index in [1.54, 1.807) is 18.3 Å². The van der Waals surface area contributed by atoms with Gasteiger partial charge in [-0.05, 0) is 29.8 Å². The number of carbonyl (C=O) groups excluding carboxylic acids is 1. The van der Waals surface area contributed by atoms with Crippen molar-refractivity contribution in [1.29, 1.82) is 5.26 Å². The number of anilines is 1. The van der Waals surface area contributed by atoms with Crippen LogP contribution in [0.3, 0.4) is 0 Å². The van der Waals surface area contributed by atoms with E-state index in [-0.39, 0.29) is 17.8 Å². The molecule has 0 aliphatic rings. The molecule has 2 N–H and O–H groups in total. The first kappa shape index (κ1) is 15.3. The summed E-state index contributed by atoms with van der Waals surface area (Å²) in [6, 6.07) is 8.32. The number of rotatable bonds is 4. The van der Waals surface area contributed by atoms with Gasteiger partial charge in [0.15, 0.2) is 0 Å². The van der Waals surface area contributed by atoms with Crippen molar-refractivity contribution in [3.05, 3.63) is 53.5 Å². The number of nitrogens with zero attached hydrogens (tertiary/aromatic N) is 2. The SMILES string of the molecule is COc1cc(CNC(=O)Nc2ccc(F)cc2C#N)ccn1. The van der Waals surface area contributed by atoms with Gasteiger partial charge in [-0.25, -0.2) is 14.2 Å². The van der Waals surface area contributed by atoms with Crippen LogP contribution < -0.4 is 15.4 Å². The third-order valence-electron chi connectivity index (χ3n) is 2.81. The predicted molar refractivity (Wildman–Crippen MR) is 77.8 cm³/mol. The van der Waals surface area contributed by atoms with Crippen LogP contribution in [0.5, 0.6) is 5.88 Å². The maximum Gasteiger partial charge on any atom is 0.319 e. The minimum atomic E-state index is -0.536. The Morgan fingerprint density at radius 1 is 1.41 bits per heavy atom. The van der Waals surface area contributed by atoms with Crippen molar-refractivity contribution in [1.82, 2.24) is 10.3 Å². The second kappa shape index (κ2) is 7.04. The van der Waals surface area contributed by atoms with E-state index < -0.39 is 11.8 Å². The number of benzene rings is 1. The average Bonchev–Trinajstić information content (AvgIpc) is 2.54. The molecule has 0 bridgehead atoms. The highest BCUT2D eigenvalue weighted by Crippen LogP contribution is 2.15. The van der Waals surface area contributed by atoms with E-state index in [0.717, 1.165) is 11.6 Å². The molecule has 2 amide bonds. The molecular weight excluding hydrogens is 287 g/mol. The number of pyridine rings is 1. The molecule has 1 heterocycles. The summed E-state index contributed by atoms with van der Waals surface area (Å²) in [6.45, 7) is 0.258. The van der Waals surface area contributed by atoms with Gasteiger partial charge in [0.1, 0.15) is 11.9 Å². The van der Waals surface area contributed by atoms with Crippen LogP contribution in [0.15, 0.2) is 36.5 Å². The van der Waals surface area contributed by atoms with Crippen LogP contribution in [-0.2, 0) is 6.54 Å². The van der Waals surface area contributed by atoms with Gasteiger partial charge in [0.05, 0.1) is 18.4 Å². The second-order valence-corrected chi connectivity index (χ2v) is 4.32. The molecule has 0 aliphatic heterocycles. The number of nitrogens with one attached hydrogen (secondary N) is 2. The number of carbonyl (C=O) groups is 1. The van der Waals surface area contributed by atoms with Crippen LogP contribution in [0.4, 0.5) is 14.9 Å². The third kappa shape index (κ3) is 3.93. The Labute approximate surface area is 126 Å². The van der Waals surface area contributed by atoms with Gasteiger partial charge in [-0.1, -0.05) is 0 Å². The van der Waals surface area contributed by atoms with Crippen LogP contribution in [0, 0.1) is 17.1 Å². The Morgan fingerprint density at radius 3 is 2.95 bits per heavy atom. The first-order valence-corrected chi connectivity index (χ1v) is 6.36. The molecule has 0 unspecified atom stereocenters. The van der Waals surface area contributed by atoms with E-state index in [9.17, 15) is 9.18 Å². The van der Waals surface area contributed by atoms with Crippen LogP contribution in [0.2, 0.25) is 0 Å². The molecule has 22 heavy (non-hydrogen) atoms. The molecule has 0 saturated heterocycles. The summed E-state index contributed by atoms with van der Waals surface area (Å²) < 4.78 is 18.0. The lowest BCUT2D eigenvalue weighted by Crippen LogP contribution is -2.28. The lowest BCUT2D eigenvalue weighted by atomic mass is 10.2. The molecule has 0 atom stereocenters. The summed E-state index contributed by atoms with van der Waals surface area (Å²) >= 11 is 0. The fourth-order valence-corrected chi connectivity index (χ4v) is 1.74. The van der Waals surface area contributed by atoms with Gasteiger partial charge in [-0.2, -0.15) is 5.26 Å². The van der Waals surface area contributed by atoms with Crippen molar-refractivity contribution in [2.24, 2.45) is 0 Å². The van der Waals surface area contributed by atoms with Crippen molar-refractivity contribution in [3.8, 4) is 11.9 Å². The minimum absolute atomic E-state index is 0.0562. The lowest BCUT2D eigenvalue weighted by Gasteiger charge is -2.09. The molecule has 0 spiro atoms. The molecule has 2 aromatic rings. The molecule has 2 rings (SSSR count). The van der Waals surface area contributed by atoms with Gasteiger partial charge in [0.2, 0.25) is 5.88 Å². The van der Waals surface area contributed by atoms with Crippen molar-refractivity contribution in [3.63, 3.8) is 0 Å². The molecular formula is C15H13FN4O2. The fraction of sp³-hybridized carbons (Fsp3) is 0.133. The fourth-order valence-electron chi connectivity index (χ4n) is 1.74. The first-order chi connectivity index (χ1) is 10.6. The summed E-state index contributed by atoms with van der Waals surface area (Å²) in [5.41, 5.74) is 1.11. The number of halogens is 1. The molecule has 1 aromatic heterocycles. The molecule has 112 valence electrons. The molecule has 7 heteroatoms. The van der Waals surface area contributed by atoms with Crippen LogP contribution >= 0.6 is 0 Å². The van der Waals surface area contributed by atoms with Gasteiger partial charge in [0, 0.05) is 18.8 Å². The summed E-state index contributed by atoms with van der Waals surface area (Å²) in [5.74, 6) is -0.0867. The Kier molecular flexibility index (Phi) is 4.88. The Morgan fingerprint density at radius 2 is 2.23 bits per heavy atom. The summed E-state index contributed by atoms with van der Waals surface area (Å²) in [6.07, 6.45) is 1.57. The van der Waals surface area contributed by atoms with E-state index in [0.29, 0.717) is 5.88 Å². The number of nitriles is 1. The standard InChI is InChI=1S/C15H13FN4O2/c1-22-14-6-10(4-5-18-14)9-19-15(21)20-13-3-2-12(16)7-11(13)8-17/h2-7H,9H2,1H3,(H2,19,20,21). The summed E-state index contributed by atoms with van der Waals surface area (Å²) in [7, 11) is 1.50. The van der Waals surface area contributed by atoms with E-state index in [1.807, 2.05) is 6.07 Å². The monoisotopic (exact) mass is 300 g/mol. The number of hydrogen-bond donors (Lipinski definition) is 2. The van der Waals surface area contributed by atoms with Crippen molar-refractivity contribution >= 4 is 11.7 Å². The predicted octanol–water partition coefficient (Wildman–Crippen LogP) is 2.42.